The molecule has 9 nitrogen and oxygen atoms in total. The number of aromatic nitrogens is 4. The lowest BCUT2D eigenvalue weighted by molar-refractivity contribution is 0.249. The van der Waals surface area contributed by atoms with E-state index in [-0.39, 0.29) is 0 Å². The molecule has 1 aliphatic rings. The normalized spacial score (nSPS) is 15.2. The summed E-state index contributed by atoms with van der Waals surface area (Å²) in [6, 6.07) is 8.18. The molecule has 0 spiro atoms. The maximum Gasteiger partial charge on any atom is 0.205 e. The third-order valence-corrected chi connectivity index (χ3v) is 5.14. The Labute approximate surface area is 181 Å². The summed E-state index contributed by atoms with van der Waals surface area (Å²) in [4.78, 5) is 25.3. The van der Waals surface area contributed by atoms with Gasteiger partial charge in [-0.2, -0.15) is 0 Å². The average molecular weight is 418 g/mol. The van der Waals surface area contributed by atoms with E-state index in [4.69, 9.17) is 5.73 Å². The van der Waals surface area contributed by atoms with E-state index in [0.29, 0.717) is 11.8 Å². The largest absolute Gasteiger partial charge is 0.405 e. The van der Waals surface area contributed by atoms with Crippen LogP contribution in [0, 0.1) is 6.92 Å². The second-order valence-electron chi connectivity index (χ2n) is 7.31. The molecule has 3 aromatic rings. The van der Waals surface area contributed by atoms with Crippen LogP contribution in [-0.2, 0) is 6.54 Å². The summed E-state index contributed by atoms with van der Waals surface area (Å²) in [5.74, 6) is 2.17. The van der Waals surface area contributed by atoms with Crippen LogP contribution in [0.3, 0.4) is 0 Å². The van der Waals surface area contributed by atoms with E-state index in [0.717, 1.165) is 44.2 Å². The van der Waals surface area contributed by atoms with Crippen LogP contribution in [0.15, 0.2) is 60.1 Å². The fourth-order valence-corrected chi connectivity index (χ4v) is 3.62. The van der Waals surface area contributed by atoms with Gasteiger partial charge in [0.1, 0.15) is 5.82 Å². The number of rotatable bonds is 7. The lowest BCUT2D eigenvalue weighted by Crippen LogP contribution is -2.46. The van der Waals surface area contributed by atoms with Crippen LogP contribution in [-0.4, -0.2) is 57.2 Å². The van der Waals surface area contributed by atoms with Crippen molar-refractivity contribution >= 4 is 29.5 Å². The van der Waals surface area contributed by atoms with Crippen LogP contribution in [0.4, 0.5) is 23.3 Å². The van der Waals surface area contributed by atoms with Gasteiger partial charge < -0.3 is 20.9 Å². The molecule has 0 radical (unpaired) electrons. The molecule has 9 heteroatoms. The van der Waals surface area contributed by atoms with Crippen molar-refractivity contribution in [3.63, 3.8) is 0 Å². The quantitative estimate of drug-likeness (QED) is 0.507. The van der Waals surface area contributed by atoms with Crippen molar-refractivity contribution in [1.29, 1.82) is 0 Å². The van der Waals surface area contributed by atoms with Gasteiger partial charge in [-0.3, -0.25) is 4.90 Å². The average Bonchev–Trinajstić information content (AvgIpc) is 3.28. The van der Waals surface area contributed by atoms with Crippen molar-refractivity contribution in [3.05, 3.63) is 66.4 Å². The summed E-state index contributed by atoms with van der Waals surface area (Å²) in [5, 5.41) is 3.19. The van der Waals surface area contributed by atoms with Crippen LogP contribution in [0.25, 0.3) is 0 Å². The Kier molecular flexibility index (Phi) is 6.53. The molecule has 31 heavy (non-hydrogen) atoms. The molecule has 0 unspecified atom stereocenters. The first-order chi connectivity index (χ1) is 15.2. The first-order valence-electron chi connectivity index (χ1n) is 10.3. The number of piperazine rings is 1. The number of aliphatic imine (C=N–C) groups is 1. The molecule has 0 bridgehead atoms. The summed E-state index contributed by atoms with van der Waals surface area (Å²) in [6.45, 7) is 6.83. The molecular weight excluding hydrogens is 390 g/mol. The molecule has 4 heterocycles. The number of anilines is 3. The molecule has 1 aliphatic heterocycles. The summed E-state index contributed by atoms with van der Waals surface area (Å²) >= 11 is 0. The second kappa shape index (κ2) is 9.86. The monoisotopic (exact) mass is 417 g/mol. The Hall–Kier alpha value is -3.72. The van der Waals surface area contributed by atoms with Gasteiger partial charge in [0.15, 0.2) is 5.82 Å². The highest BCUT2D eigenvalue weighted by Crippen LogP contribution is 2.23. The van der Waals surface area contributed by atoms with Crippen molar-refractivity contribution in [1.82, 2.24) is 24.8 Å². The number of hydrogen-bond donors (Lipinski definition) is 3. The van der Waals surface area contributed by atoms with Gasteiger partial charge in [0, 0.05) is 57.5 Å². The van der Waals surface area contributed by atoms with E-state index in [1.807, 2.05) is 19.2 Å². The molecular formula is C22H27N9. The van der Waals surface area contributed by atoms with Crippen molar-refractivity contribution in [2.75, 3.05) is 36.4 Å². The first kappa shape index (κ1) is 20.5. The van der Waals surface area contributed by atoms with Crippen LogP contribution in [0.2, 0.25) is 0 Å². The lowest BCUT2D eigenvalue weighted by atomic mass is 10.2. The number of imidazole rings is 1. The van der Waals surface area contributed by atoms with E-state index < -0.39 is 0 Å². The van der Waals surface area contributed by atoms with E-state index in [1.165, 1.54) is 17.5 Å². The highest BCUT2D eigenvalue weighted by molar-refractivity contribution is 5.73. The zero-order valence-electron chi connectivity index (χ0n) is 17.6. The lowest BCUT2D eigenvalue weighted by Gasteiger charge is -2.36. The number of nitrogens with zero attached hydrogens (tertiary/aromatic N) is 6. The summed E-state index contributed by atoms with van der Waals surface area (Å²) in [5.41, 5.74) is 8.71. The van der Waals surface area contributed by atoms with Gasteiger partial charge in [0.25, 0.3) is 0 Å². The van der Waals surface area contributed by atoms with Crippen molar-refractivity contribution in [3.8, 4) is 0 Å². The Bertz CT molecular complexity index is 1030. The molecule has 1 saturated heterocycles. The summed E-state index contributed by atoms with van der Waals surface area (Å²) in [6.07, 6.45) is 10.1. The van der Waals surface area contributed by atoms with Gasteiger partial charge in [0.05, 0.1) is 11.4 Å². The van der Waals surface area contributed by atoms with Gasteiger partial charge in [-0.1, -0.05) is 0 Å². The number of aryl methyl sites for hydroxylation is 1. The Morgan fingerprint density at radius 3 is 2.77 bits per heavy atom. The SMILES string of the molecule is Cc1nc(N=C/C=C\N)ccc1N1CCN(Cc2ccnc(Nc3ncc[nH]3)c2)CC1. The number of nitrogens with one attached hydrogen (secondary N) is 2. The van der Waals surface area contributed by atoms with Crippen molar-refractivity contribution in [2.45, 2.75) is 13.5 Å². The van der Waals surface area contributed by atoms with E-state index in [9.17, 15) is 0 Å². The number of nitrogens with two attached hydrogens (primary N) is 1. The molecule has 0 atom stereocenters. The van der Waals surface area contributed by atoms with Crippen molar-refractivity contribution < 1.29 is 0 Å². The number of hydrogen-bond acceptors (Lipinski definition) is 8. The number of aromatic amines is 1. The number of allylic oxidation sites excluding steroid dienone is 1. The molecule has 0 aliphatic carbocycles. The Morgan fingerprint density at radius 1 is 1.16 bits per heavy atom. The minimum atomic E-state index is 0.689. The Morgan fingerprint density at radius 2 is 2.03 bits per heavy atom. The second-order valence-corrected chi connectivity index (χ2v) is 7.31. The fourth-order valence-electron chi connectivity index (χ4n) is 3.62. The standard InChI is InChI=1S/C22H27N9/c1-17-19(3-4-20(28-17)24-7-2-6-23)31-13-11-30(12-14-31)16-18-5-8-25-21(15-18)29-22-26-9-10-27-22/h2-10,15H,11-14,16,23H2,1H3,(H2,25,26,27,29)/b6-2-,24-7?. The van der Waals surface area contributed by atoms with Crippen LogP contribution < -0.4 is 16.0 Å². The highest BCUT2D eigenvalue weighted by Gasteiger charge is 2.19. The minimum absolute atomic E-state index is 0.689. The fraction of sp³-hybridized carbons (Fsp3) is 0.273. The predicted octanol–water partition coefficient (Wildman–Crippen LogP) is 2.75. The molecule has 0 amide bonds. The third-order valence-electron chi connectivity index (χ3n) is 5.14. The number of pyridine rings is 2. The smallest absolute Gasteiger partial charge is 0.205 e. The van der Waals surface area contributed by atoms with E-state index in [2.05, 4.69) is 58.2 Å². The molecule has 4 rings (SSSR count). The first-order valence-corrected chi connectivity index (χ1v) is 10.3. The molecule has 160 valence electrons. The van der Waals surface area contributed by atoms with Crippen LogP contribution >= 0.6 is 0 Å². The zero-order chi connectivity index (χ0) is 21.5. The zero-order valence-corrected chi connectivity index (χ0v) is 17.6. The minimum Gasteiger partial charge on any atom is -0.405 e. The predicted molar refractivity (Wildman–Crippen MR) is 124 cm³/mol. The Balaban J connectivity index is 1.33. The molecule has 0 saturated carbocycles. The third kappa shape index (κ3) is 5.46. The maximum atomic E-state index is 5.33. The summed E-state index contributed by atoms with van der Waals surface area (Å²) < 4.78 is 0. The van der Waals surface area contributed by atoms with Gasteiger partial charge in [-0.05, 0) is 49.0 Å². The maximum absolute atomic E-state index is 5.33. The van der Waals surface area contributed by atoms with Crippen LogP contribution in [0.5, 0.6) is 0 Å². The topological polar surface area (TPSA) is 111 Å². The van der Waals surface area contributed by atoms with Crippen molar-refractivity contribution in [2.24, 2.45) is 10.7 Å². The highest BCUT2D eigenvalue weighted by atomic mass is 15.3. The molecule has 1 fully saturated rings. The molecule has 0 aromatic carbocycles. The molecule has 3 aromatic heterocycles. The molecule has 4 N–H and O–H groups in total. The van der Waals surface area contributed by atoms with Gasteiger partial charge in [-0.25, -0.2) is 19.9 Å². The van der Waals surface area contributed by atoms with Gasteiger partial charge in [-0.15, -0.1) is 0 Å². The van der Waals surface area contributed by atoms with Crippen LogP contribution in [0.1, 0.15) is 11.3 Å². The van der Waals surface area contributed by atoms with Gasteiger partial charge in [0.2, 0.25) is 5.95 Å². The van der Waals surface area contributed by atoms with E-state index in [1.54, 1.807) is 24.7 Å². The summed E-state index contributed by atoms with van der Waals surface area (Å²) in [7, 11) is 0. The number of H-pyrrole nitrogens is 1. The van der Waals surface area contributed by atoms with E-state index >= 15 is 0 Å². The van der Waals surface area contributed by atoms with Gasteiger partial charge >= 0.3 is 0 Å².